The fourth-order valence-electron chi connectivity index (χ4n) is 1.96. The Labute approximate surface area is 104 Å². The lowest BCUT2D eigenvalue weighted by atomic mass is 10.1. The molecular formula is C14H11NO3. The Morgan fingerprint density at radius 2 is 1.78 bits per heavy atom. The van der Waals surface area contributed by atoms with Crippen LogP contribution in [0.4, 0.5) is 0 Å². The van der Waals surface area contributed by atoms with Gasteiger partial charge < -0.3 is 15.2 Å². The maximum Gasteiger partial charge on any atom is 0.258 e. The van der Waals surface area contributed by atoms with E-state index in [0.717, 1.165) is 0 Å². The van der Waals surface area contributed by atoms with Gasteiger partial charge in [-0.1, -0.05) is 24.3 Å². The van der Waals surface area contributed by atoms with E-state index in [4.69, 9.17) is 4.74 Å². The van der Waals surface area contributed by atoms with Crippen molar-refractivity contribution in [2.45, 2.75) is 6.23 Å². The van der Waals surface area contributed by atoms with E-state index < -0.39 is 6.23 Å². The van der Waals surface area contributed by atoms with Crippen LogP contribution in [0.15, 0.2) is 48.5 Å². The van der Waals surface area contributed by atoms with E-state index in [1.54, 1.807) is 48.5 Å². The van der Waals surface area contributed by atoms with Gasteiger partial charge in [0.05, 0.1) is 11.1 Å². The quantitative estimate of drug-likeness (QED) is 0.804. The van der Waals surface area contributed by atoms with Gasteiger partial charge in [-0.15, -0.1) is 0 Å². The number of rotatable bonds is 1. The highest BCUT2D eigenvalue weighted by Gasteiger charge is 2.27. The Hall–Kier alpha value is -2.49. The predicted molar refractivity (Wildman–Crippen MR) is 65.4 cm³/mol. The first-order valence-electron chi connectivity index (χ1n) is 5.60. The van der Waals surface area contributed by atoms with Gasteiger partial charge in [-0.05, 0) is 24.3 Å². The van der Waals surface area contributed by atoms with Gasteiger partial charge in [-0.2, -0.15) is 0 Å². The molecule has 0 bridgehead atoms. The molecule has 2 aromatic carbocycles. The summed E-state index contributed by atoms with van der Waals surface area (Å²) in [5.74, 6) is 0.418. The number of phenols is 1. The second-order valence-electron chi connectivity index (χ2n) is 4.03. The Bertz CT molecular complexity index is 609. The fourth-order valence-corrected chi connectivity index (χ4v) is 1.96. The van der Waals surface area contributed by atoms with Crippen molar-refractivity contribution in [3.63, 3.8) is 0 Å². The zero-order valence-corrected chi connectivity index (χ0v) is 9.46. The third kappa shape index (κ3) is 1.68. The number of benzene rings is 2. The van der Waals surface area contributed by atoms with Gasteiger partial charge in [0.2, 0.25) is 6.23 Å². The van der Waals surface area contributed by atoms with Gasteiger partial charge >= 0.3 is 0 Å². The molecule has 1 unspecified atom stereocenters. The summed E-state index contributed by atoms with van der Waals surface area (Å²) in [6.45, 7) is 0. The molecule has 1 amide bonds. The van der Waals surface area contributed by atoms with Gasteiger partial charge in [0.25, 0.3) is 5.91 Å². The second-order valence-corrected chi connectivity index (χ2v) is 4.03. The third-order valence-electron chi connectivity index (χ3n) is 2.86. The average molecular weight is 241 g/mol. The molecule has 1 aliphatic rings. The summed E-state index contributed by atoms with van der Waals surface area (Å²) in [6.07, 6.45) is -0.659. The molecule has 90 valence electrons. The molecule has 4 nitrogen and oxygen atoms in total. The van der Waals surface area contributed by atoms with Crippen molar-refractivity contribution in [3.8, 4) is 11.5 Å². The van der Waals surface area contributed by atoms with Gasteiger partial charge in [0, 0.05) is 0 Å². The molecule has 2 N–H and O–H groups in total. The predicted octanol–water partition coefficient (Wildman–Crippen LogP) is 2.21. The summed E-state index contributed by atoms with van der Waals surface area (Å²) >= 11 is 0. The van der Waals surface area contributed by atoms with Gasteiger partial charge in [-0.25, -0.2) is 0 Å². The van der Waals surface area contributed by atoms with Crippen molar-refractivity contribution in [3.05, 3.63) is 59.7 Å². The highest BCUT2D eigenvalue weighted by atomic mass is 16.5. The molecule has 1 aliphatic heterocycles. The molecule has 0 aromatic heterocycles. The SMILES string of the molecule is O=C1NC(c2ccccc2O)Oc2ccccc21. The van der Waals surface area contributed by atoms with E-state index >= 15 is 0 Å². The number of fused-ring (bicyclic) bond motifs is 1. The third-order valence-corrected chi connectivity index (χ3v) is 2.86. The molecular weight excluding hydrogens is 230 g/mol. The lowest BCUT2D eigenvalue weighted by molar-refractivity contribution is 0.0752. The summed E-state index contributed by atoms with van der Waals surface area (Å²) in [5.41, 5.74) is 1.05. The molecule has 2 aromatic rings. The summed E-state index contributed by atoms with van der Waals surface area (Å²) in [7, 11) is 0. The molecule has 1 atom stereocenters. The maximum atomic E-state index is 11.9. The van der Waals surface area contributed by atoms with Crippen molar-refractivity contribution in [1.82, 2.24) is 5.32 Å². The van der Waals surface area contributed by atoms with Crippen LogP contribution in [-0.2, 0) is 0 Å². The number of aromatic hydroxyl groups is 1. The Morgan fingerprint density at radius 3 is 2.61 bits per heavy atom. The summed E-state index contributed by atoms with van der Waals surface area (Å²) < 4.78 is 5.68. The van der Waals surface area contributed by atoms with E-state index in [9.17, 15) is 9.90 Å². The summed E-state index contributed by atoms with van der Waals surface area (Å²) in [5, 5.41) is 12.5. The molecule has 0 saturated carbocycles. The Balaban J connectivity index is 2.00. The molecule has 1 heterocycles. The number of phenolic OH excluding ortho intramolecular Hbond substituents is 1. The minimum Gasteiger partial charge on any atom is -0.507 e. The lowest BCUT2D eigenvalue weighted by Crippen LogP contribution is -2.36. The zero-order chi connectivity index (χ0) is 12.5. The molecule has 3 rings (SSSR count). The molecule has 4 heteroatoms. The highest BCUT2D eigenvalue weighted by molar-refractivity contribution is 5.98. The van der Waals surface area contributed by atoms with E-state index in [2.05, 4.69) is 5.32 Å². The van der Waals surface area contributed by atoms with Crippen molar-refractivity contribution >= 4 is 5.91 Å². The molecule has 0 spiro atoms. The van der Waals surface area contributed by atoms with Crippen molar-refractivity contribution in [2.75, 3.05) is 0 Å². The summed E-state index contributed by atoms with van der Waals surface area (Å²) in [4.78, 5) is 11.9. The van der Waals surface area contributed by atoms with Crippen LogP contribution < -0.4 is 10.1 Å². The smallest absolute Gasteiger partial charge is 0.258 e. The molecule has 18 heavy (non-hydrogen) atoms. The first kappa shape index (κ1) is 10.7. The Kier molecular flexibility index (Phi) is 2.41. The number of amides is 1. The molecule has 0 radical (unpaired) electrons. The van der Waals surface area contributed by atoms with Crippen LogP contribution in [0, 0.1) is 0 Å². The number of carbonyl (C=O) groups excluding carboxylic acids is 1. The van der Waals surface area contributed by atoms with Crippen LogP contribution in [0.5, 0.6) is 11.5 Å². The maximum absolute atomic E-state index is 11.9. The van der Waals surface area contributed by atoms with E-state index in [0.29, 0.717) is 16.9 Å². The van der Waals surface area contributed by atoms with Gasteiger partial charge in [0.15, 0.2) is 0 Å². The number of nitrogens with one attached hydrogen (secondary N) is 1. The first-order valence-corrected chi connectivity index (χ1v) is 5.60. The normalized spacial score (nSPS) is 17.6. The summed E-state index contributed by atoms with van der Waals surface area (Å²) in [6, 6.07) is 13.8. The van der Waals surface area contributed by atoms with Crippen LogP contribution >= 0.6 is 0 Å². The minimum absolute atomic E-state index is 0.0992. The van der Waals surface area contributed by atoms with Crippen molar-refractivity contribution < 1.29 is 14.6 Å². The standard InChI is InChI=1S/C14H11NO3/c16-11-7-3-1-5-9(11)14-15-13(17)10-6-2-4-8-12(10)18-14/h1-8,14,16H,(H,15,17). The van der Waals surface area contributed by atoms with Crippen molar-refractivity contribution in [1.29, 1.82) is 0 Å². The van der Waals surface area contributed by atoms with Crippen LogP contribution in [0.25, 0.3) is 0 Å². The van der Waals surface area contributed by atoms with Crippen LogP contribution in [0.3, 0.4) is 0 Å². The number of hydrogen-bond acceptors (Lipinski definition) is 3. The topological polar surface area (TPSA) is 58.6 Å². The number of para-hydroxylation sites is 2. The number of ether oxygens (including phenoxy) is 1. The number of carbonyl (C=O) groups is 1. The average Bonchev–Trinajstić information content (AvgIpc) is 2.39. The fraction of sp³-hybridized carbons (Fsp3) is 0.0714. The van der Waals surface area contributed by atoms with E-state index in [1.807, 2.05) is 0 Å². The largest absolute Gasteiger partial charge is 0.507 e. The van der Waals surface area contributed by atoms with Crippen molar-refractivity contribution in [2.24, 2.45) is 0 Å². The van der Waals surface area contributed by atoms with E-state index in [-0.39, 0.29) is 11.7 Å². The van der Waals surface area contributed by atoms with Crippen LogP contribution in [-0.4, -0.2) is 11.0 Å². The number of hydrogen-bond donors (Lipinski definition) is 2. The van der Waals surface area contributed by atoms with Gasteiger partial charge in [-0.3, -0.25) is 4.79 Å². The molecule has 0 saturated heterocycles. The van der Waals surface area contributed by atoms with Gasteiger partial charge in [0.1, 0.15) is 11.5 Å². The van der Waals surface area contributed by atoms with Crippen LogP contribution in [0.1, 0.15) is 22.1 Å². The van der Waals surface area contributed by atoms with E-state index in [1.165, 1.54) is 0 Å². The highest BCUT2D eigenvalue weighted by Crippen LogP contribution is 2.32. The minimum atomic E-state index is -0.659. The molecule has 0 fully saturated rings. The molecule has 0 aliphatic carbocycles. The van der Waals surface area contributed by atoms with Crippen LogP contribution in [0.2, 0.25) is 0 Å². The second kappa shape index (κ2) is 4.07. The first-order chi connectivity index (χ1) is 8.75. The zero-order valence-electron chi connectivity index (χ0n) is 9.46. The Morgan fingerprint density at radius 1 is 1.06 bits per heavy atom. The monoisotopic (exact) mass is 241 g/mol. The lowest BCUT2D eigenvalue weighted by Gasteiger charge is -2.27.